The van der Waals surface area contributed by atoms with Gasteiger partial charge in [-0.25, -0.2) is 14.2 Å². The molecule has 200 valence electrons. The monoisotopic (exact) mass is 528 g/mol. The maximum atomic E-state index is 14.5. The number of carbonyl (C=O) groups is 1. The molecule has 3 N–H and O–H groups in total. The zero-order chi connectivity index (χ0) is 27.8. The highest BCUT2D eigenvalue weighted by Gasteiger charge is 2.41. The quantitative estimate of drug-likeness (QED) is 0.341. The lowest BCUT2D eigenvalue weighted by Crippen LogP contribution is -2.54. The minimum atomic E-state index is -0.950. The average molecular weight is 529 g/mol. The van der Waals surface area contributed by atoms with E-state index in [-0.39, 0.29) is 18.7 Å². The molecule has 1 atom stereocenters. The number of rotatable bonds is 5. The van der Waals surface area contributed by atoms with Crippen LogP contribution in [0.3, 0.4) is 0 Å². The summed E-state index contributed by atoms with van der Waals surface area (Å²) < 4.78 is 20.0. The first-order valence-corrected chi connectivity index (χ1v) is 12.6. The number of imidazole rings is 1. The van der Waals surface area contributed by atoms with E-state index in [1.165, 1.54) is 6.07 Å². The Bertz CT molecular complexity index is 1590. The highest BCUT2D eigenvalue weighted by Crippen LogP contribution is 2.41. The minimum absolute atomic E-state index is 0.216. The van der Waals surface area contributed by atoms with Gasteiger partial charge in [-0.3, -0.25) is 4.98 Å². The fourth-order valence-electron chi connectivity index (χ4n) is 4.91. The molecule has 0 bridgehead atoms. The Hall–Kier alpha value is -4.49. The standard InChI is InChI=1S/C29H29FN6O3/c1-28(2,3)39-27(38)35-29(17-37)10-11-36(16-29)25-20(19-7-4-6-18(12-19)13-31)14-32-15-21(25)26-33-23-9-5-8-22(30)24(23)34-26/h4-9,12,14-15,37H,10-11,16-17H2,1-3H3,(H,33,34)(H,35,38). The van der Waals surface area contributed by atoms with Crippen molar-refractivity contribution < 1.29 is 19.0 Å². The molecule has 1 amide bonds. The van der Waals surface area contributed by atoms with Gasteiger partial charge in [0.25, 0.3) is 0 Å². The summed E-state index contributed by atoms with van der Waals surface area (Å²) in [5.41, 5.74) is 2.48. The molecule has 9 nitrogen and oxygen atoms in total. The number of nitrogens with zero attached hydrogens (tertiary/aromatic N) is 4. The zero-order valence-electron chi connectivity index (χ0n) is 22.0. The van der Waals surface area contributed by atoms with Gasteiger partial charge in [0, 0.05) is 31.0 Å². The lowest BCUT2D eigenvalue weighted by atomic mass is 9.99. The van der Waals surface area contributed by atoms with Gasteiger partial charge in [0.2, 0.25) is 0 Å². The molecule has 1 saturated heterocycles. The van der Waals surface area contributed by atoms with Gasteiger partial charge in [-0.05, 0) is 57.0 Å². The molecule has 5 rings (SSSR count). The third-order valence-corrected chi connectivity index (χ3v) is 6.68. The molecule has 1 aliphatic heterocycles. The van der Waals surface area contributed by atoms with Crippen molar-refractivity contribution in [1.29, 1.82) is 5.26 Å². The SMILES string of the molecule is CC(C)(C)OC(=O)NC1(CO)CCN(c2c(-c3cccc(C#N)c3)cncc2-c2nc3c(F)cccc3[nH]2)C1. The maximum Gasteiger partial charge on any atom is 0.408 e. The van der Waals surface area contributed by atoms with Crippen LogP contribution >= 0.6 is 0 Å². The number of benzene rings is 2. The lowest BCUT2D eigenvalue weighted by molar-refractivity contribution is 0.0417. The van der Waals surface area contributed by atoms with E-state index >= 15 is 0 Å². The van der Waals surface area contributed by atoms with Gasteiger partial charge in [-0.2, -0.15) is 5.26 Å². The number of halogens is 1. The Labute approximate surface area is 225 Å². The Morgan fingerprint density at radius 1 is 1.26 bits per heavy atom. The van der Waals surface area contributed by atoms with Gasteiger partial charge < -0.3 is 25.0 Å². The molecule has 1 aliphatic rings. The summed E-state index contributed by atoms with van der Waals surface area (Å²) in [6.07, 6.45) is 3.21. The number of hydrogen-bond donors (Lipinski definition) is 3. The number of aliphatic hydroxyl groups is 1. The van der Waals surface area contributed by atoms with Crippen molar-refractivity contribution in [2.75, 3.05) is 24.6 Å². The molecular formula is C29H29FN6O3. The first kappa shape index (κ1) is 26.1. The van der Waals surface area contributed by atoms with Crippen LogP contribution in [-0.4, -0.2) is 57.0 Å². The normalized spacial score (nSPS) is 17.3. The van der Waals surface area contributed by atoms with E-state index in [2.05, 4.69) is 26.3 Å². The van der Waals surface area contributed by atoms with E-state index in [0.717, 1.165) is 16.8 Å². The number of ether oxygens (including phenoxy) is 1. The van der Waals surface area contributed by atoms with Crippen molar-refractivity contribution in [2.24, 2.45) is 0 Å². The van der Waals surface area contributed by atoms with Crippen molar-refractivity contribution in [3.63, 3.8) is 0 Å². The summed E-state index contributed by atoms with van der Waals surface area (Å²) in [6, 6.07) is 14.1. The molecule has 0 saturated carbocycles. The molecule has 2 aromatic heterocycles. The second-order valence-corrected chi connectivity index (χ2v) is 10.7. The number of amides is 1. The number of nitriles is 1. The van der Waals surface area contributed by atoms with E-state index in [1.54, 1.807) is 63.5 Å². The number of alkyl carbamates (subject to hydrolysis) is 1. The molecule has 3 heterocycles. The third-order valence-electron chi connectivity index (χ3n) is 6.68. The van der Waals surface area contributed by atoms with Crippen molar-refractivity contribution in [3.8, 4) is 28.6 Å². The predicted octanol–water partition coefficient (Wildman–Crippen LogP) is 4.77. The Balaban J connectivity index is 1.61. The summed E-state index contributed by atoms with van der Waals surface area (Å²) in [7, 11) is 0. The van der Waals surface area contributed by atoms with Crippen LogP contribution < -0.4 is 10.2 Å². The maximum absolute atomic E-state index is 14.5. The van der Waals surface area contributed by atoms with Crippen LogP contribution in [0.4, 0.5) is 14.9 Å². The van der Waals surface area contributed by atoms with Crippen LogP contribution in [0.2, 0.25) is 0 Å². The molecule has 4 aromatic rings. The van der Waals surface area contributed by atoms with E-state index in [1.807, 2.05) is 11.0 Å². The van der Waals surface area contributed by atoms with Gasteiger partial charge in [-0.15, -0.1) is 0 Å². The zero-order valence-corrected chi connectivity index (χ0v) is 22.0. The number of carbonyl (C=O) groups excluding carboxylic acids is 1. The minimum Gasteiger partial charge on any atom is -0.444 e. The van der Waals surface area contributed by atoms with Crippen molar-refractivity contribution >= 4 is 22.8 Å². The molecule has 0 radical (unpaired) electrons. The number of aromatic amines is 1. The van der Waals surface area contributed by atoms with Crippen molar-refractivity contribution in [2.45, 2.75) is 38.3 Å². The average Bonchev–Trinajstić information content (AvgIpc) is 3.53. The summed E-state index contributed by atoms with van der Waals surface area (Å²) in [4.78, 5) is 26.9. The first-order chi connectivity index (χ1) is 18.6. The van der Waals surface area contributed by atoms with Crippen LogP contribution in [0.1, 0.15) is 32.8 Å². The van der Waals surface area contributed by atoms with E-state index in [4.69, 9.17) is 4.74 Å². The summed E-state index contributed by atoms with van der Waals surface area (Å²) in [6.45, 7) is 5.81. The molecule has 0 spiro atoms. The number of nitrogens with one attached hydrogen (secondary N) is 2. The summed E-state index contributed by atoms with van der Waals surface area (Å²) in [5.74, 6) is -0.0121. The molecule has 39 heavy (non-hydrogen) atoms. The second-order valence-electron chi connectivity index (χ2n) is 10.7. The Kier molecular flexibility index (Phi) is 6.70. The highest BCUT2D eigenvalue weighted by molar-refractivity contribution is 5.91. The van der Waals surface area contributed by atoms with Gasteiger partial charge >= 0.3 is 6.09 Å². The first-order valence-electron chi connectivity index (χ1n) is 12.6. The fraction of sp³-hybridized carbons (Fsp3) is 0.310. The van der Waals surface area contributed by atoms with Crippen LogP contribution in [0.5, 0.6) is 0 Å². The molecule has 10 heteroatoms. The van der Waals surface area contributed by atoms with Crippen LogP contribution in [-0.2, 0) is 4.74 Å². The molecular weight excluding hydrogens is 499 g/mol. The second kappa shape index (κ2) is 10.0. The van der Waals surface area contributed by atoms with E-state index in [9.17, 15) is 19.6 Å². The van der Waals surface area contributed by atoms with Crippen LogP contribution in [0.15, 0.2) is 54.9 Å². The number of fused-ring (bicyclic) bond motifs is 1. The van der Waals surface area contributed by atoms with Gasteiger partial charge in [0.1, 0.15) is 16.9 Å². The smallest absolute Gasteiger partial charge is 0.408 e. The van der Waals surface area contributed by atoms with Gasteiger partial charge in [0.05, 0.1) is 40.5 Å². The summed E-state index contributed by atoms with van der Waals surface area (Å²) in [5, 5.41) is 22.8. The van der Waals surface area contributed by atoms with E-state index in [0.29, 0.717) is 35.4 Å². The number of H-pyrrole nitrogens is 1. The summed E-state index contributed by atoms with van der Waals surface area (Å²) >= 11 is 0. The molecule has 1 unspecified atom stereocenters. The number of hydrogen-bond acceptors (Lipinski definition) is 7. The Morgan fingerprint density at radius 2 is 2.03 bits per heavy atom. The third kappa shape index (κ3) is 5.26. The van der Waals surface area contributed by atoms with E-state index < -0.39 is 23.1 Å². The van der Waals surface area contributed by atoms with Gasteiger partial charge in [0.15, 0.2) is 5.82 Å². The van der Waals surface area contributed by atoms with Crippen molar-refractivity contribution in [1.82, 2.24) is 20.3 Å². The predicted molar refractivity (Wildman–Crippen MR) is 145 cm³/mol. The Morgan fingerprint density at radius 3 is 2.74 bits per heavy atom. The van der Waals surface area contributed by atoms with Crippen molar-refractivity contribution in [3.05, 3.63) is 66.2 Å². The number of aliphatic hydroxyl groups excluding tert-OH is 1. The molecule has 2 aromatic carbocycles. The number of anilines is 1. The topological polar surface area (TPSA) is 127 Å². The number of aromatic nitrogens is 3. The number of pyridine rings is 1. The van der Waals surface area contributed by atoms with Crippen LogP contribution in [0.25, 0.3) is 33.5 Å². The molecule has 1 fully saturated rings. The number of para-hydroxylation sites is 1. The lowest BCUT2D eigenvalue weighted by Gasteiger charge is -2.31. The van der Waals surface area contributed by atoms with Gasteiger partial charge in [-0.1, -0.05) is 18.2 Å². The largest absolute Gasteiger partial charge is 0.444 e. The highest BCUT2D eigenvalue weighted by atomic mass is 19.1. The molecule has 0 aliphatic carbocycles. The van der Waals surface area contributed by atoms with Crippen LogP contribution in [0, 0.1) is 17.1 Å². The fourth-order valence-corrected chi connectivity index (χ4v) is 4.91.